The lowest BCUT2D eigenvalue weighted by Crippen LogP contribution is -2.47. The summed E-state index contributed by atoms with van der Waals surface area (Å²) in [6, 6.07) is 4.76. The van der Waals surface area contributed by atoms with Gasteiger partial charge in [-0.15, -0.1) is 0 Å². The van der Waals surface area contributed by atoms with Crippen LogP contribution in [0.2, 0.25) is 0 Å². The lowest BCUT2D eigenvalue weighted by Gasteiger charge is -2.26. The molecule has 1 saturated heterocycles. The molecule has 1 aromatic rings. The maximum absolute atomic E-state index is 12.7. The third-order valence-corrected chi connectivity index (χ3v) is 3.56. The van der Waals surface area contributed by atoms with E-state index in [0.717, 1.165) is 25.0 Å². The molecular formula is C16H17F3N2O2. The fourth-order valence-electron chi connectivity index (χ4n) is 2.31. The SMILES string of the molecule is C/C(=C\C(=O)NN1CCCCC1=O)c1cccc(C(F)(F)F)c1. The summed E-state index contributed by atoms with van der Waals surface area (Å²) in [5, 5.41) is 1.25. The molecule has 0 aromatic heterocycles. The van der Waals surface area contributed by atoms with E-state index in [-0.39, 0.29) is 5.91 Å². The summed E-state index contributed by atoms with van der Waals surface area (Å²) in [7, 11) is 0. The molecule has 1 aromatic carbocycles. The van der Waals surface area contributed by atoms with E-state index in [1.807, 2.05) is 0 Å². The summed E-state index contributed by atoms with van der Waals surface area (Å²) in [4.78, 5) is 23.5. The third-order valence-electron chi connectivity index (χ3n) is 3.56. The summed E-state index contributed by atoms with van der Waals surface area (Å²) in [5.41, 5.74) is 2.38. The molecule has 124 valence electrons. The van der Waals surface area contributed by atoms with Crippen molar-refractivity contribution < 1.29 is 22.8 Å². The Balaban J connectivity index is 2.09. The molecule has 0 atom stereocenters. The van der Waals surface area contributed by atoms with Crippen molar-refractivity contribution in [1.82, 2.24) is 10.4 Å². The molecule has 0 saturated carbocycles. The molecule has 0 unspecified atom stereocenters. The van der Waals surface area contributed by atoms with Gasteiger partial charge in [-0.2, -0.15) is 13.2 Å². The fraction of sp³-hybridized carbons (Fsp3) is 0.375. The maximum Gasteiger partial charge on any atom is 0.416 e. The standard InChI is InChI=1S/C16H17F3N2O2/c1-11(12-5-4-6-13(10-12)16(17,18)19)9-14(22)20-21-8-3-2-7-15(21)23/h4-6,9-10H,2-3,7-8H2,1H3,(H,20,22)/b11-9+. The molecule has 2 amide bonds. The Morgan fingerprint density at radius 1 is 1.30 bits per heavy atom. The summed E-state index contributed by atoms with van der Waals surface area (Å²) < 4.78 is 38.1. The van der Waals surface area contributed by atoms with Gasteiger partial charge in [0.05, 0.1) is 5.56 Å². The lowest BCUT2D eigenvalue weighted by molar-refractivity contribution is -0.141. The van der Waals surface area contributed by atoms with Crippen LogP contribution in [0.5, 0.6) is 0 Å². The van der Waals surface area contributed by atoms with Crippen LogP contribution >= 0.6 is 0 Å². The smallest absolute Gasteiger partial charge is 0.273 e. The predicted octanol–water partition coefficient (Wildman–Crippen LogP) is 3.15. The molecule has 1 aliphatic rings. The van der Waals surface area contributed by atoms with Crippen LogP contribution in [0.3, 0.4) is 0 Å². The number of carbonyl (C=O) groups is 2. The van der Waals surface area contributed by atoms with Crippen LogP contribution in [0.4, 0.5) is 13.2 Å². The van der Waals surface area contributed by atoms with E-state index in [1.165, 1.54) is 23.2 Å². The topological polar surface area (TPSA) is 49.4 Å². The fourth-order valence-corrected chi connectivity index (χ4v) is 2.31. The van der Waals surface area contributed by atoms with Gasteiger partial charge in [-0.05, 0) is 43.0 Å². The van der Waals surface area contributed by atoms with Crippen molar-refractivity contribution in [1.29, 1.82) is 0 Å². The Labute approximate surface area is 131 Å². The van der Waals surface area contributed by atoms with Crippen molar-refractivity contribution >= 4 is 17.4 Å². The number of carbonyl (C=O) groups excluding carboxylic acids is 2. The normalized spacial score (nSPS) is 16.4. The van der Waals surface area contributed by atoms with Crippen molar-refractivity contribution in [3.05, 3.63) is 41.5 Å². The lowest BCUT2D eigenvalue weighted by atomic mass is 10.0. The molecular weight excluding hydrogens is 309 g/mol. The number of nitrogens with zero attached hydrogens (tertiary/aromatic N) is 1. The number of alkyl halides is 3. The van der Waals surface area contributed by atoms with Gasteiger partial charge in [0.15, 0.2) is 0 Å². The minimum atomic E-state index is -4.43. The van der Waals surface area contributed by atoms with Gasteiger partial charge in [-0.3, -0.25) is 20.0 Å². The number of piperidine rings is 1. The van der Waals surface area contributed by atoms with Gasteiger partial charge in [-0.1, -0.05) is 12.1 Å². The van der Waals surface area contributed by atoms with E-state index in [2.05, 4.69) is 5.43 Å². The number of rotatable bonds is 3. The number of nitrogens with one attached hydrogen (secondary N) is 1. The summed E-state index contributed by atoms with van der Waals surface area (Å²) in [6.07, 6.45) is -1.25. The van der Waals surface area contributed by atoms with E-state index < -0.39 is 17.6 Å². The summed E-state index contributed by atoms with van der Waals surface area (Å²) in [6.45, 7) is 1.99. The Hall–Kier alpha value is -2.31. The Morgan fingerprint density at radius 2 is 2.04 bits per heavy atom. The van der Waals surface area contributed by atoms with Crippen molar-refractivity contribution in [2.45, 2.75) is 32.4 Å². The molecule has 1 fully saturated rings. The van der Waals surface area contributed by atoms with Crippen LogP contribution in [-0.2, 0) is 15.8 Å². The second kappa shape index (κ2) is 6.85. The average molecular weight is 326 g/mol. The van der Waals surface area contributed by atoms with Crippen LogP contribution in [0.25, 0.3) is 5.57 Å². The van der Waals surface area contributed by atoms with Gasteiger partial charge in [0.1, 0.15) is 0 Å². The summed E-state index contributed by atoms with van der Waals surface area (Å²) in [5.74, 6) is -0.690. The number of amides is 2. The number of benzene rings is 1. The van der Waals surface area contributed by atoms with Gasteiger partial charge < -0.3 is 0 Å². The van der Waals surface area contributed by atoms with E-state index >= 15 is 0 Å². The van der Waals surface area contributed by atoms with Crippen LogP contribution < -0.4 is 5.43 Å². The average Bonchev–Trinajstić information content (AvgIpc) is 2.49. The molecule has 1 aliphatic heterocycles. The molecule has 0 spiro atoms. The highest BCUT2D eigenvalue weighted by Gasteiger charge is 2.30. The highest BCUT2D eigenvalue weighted by atomic mass is 19.4. The molecule has 7 heteroatoms. The van der Waals surface area contributed by atoms with E-state index in [0.29, 0.717) is 24.1 Å². The van der Waals surface area contributed by atoms with Gasteiger partial charge >= 0.3 is 6.18 Å². The largest absolute Gasteiger partial charge is 0.416 e. The zero-order valence-corrected chi connectivity index (χ0v) is 12.6. The number of hydrogen-bond acceptors (Lipinski definition) is 2. The Kier molecular flexibility index (Phi) is 5.08. The molecule has 0 radical (unpaired) electrons. The van der Waals surface area contributed by atoms with Crippen LogP contribution in [0, 0.1) is 0 Å². The second-order valence-electron chi connectivity index (χ2n) is 5.38. The molecule has 4 nitrogen and oxygen atoms in total. The number of halogens is 3. The number of hydrogen-bond donors (Lipinski definition) is 1. The number of allylic oxidation sites excluding steroid dienone is 1. The van der Waals surface area contributed by atoms with Crippen molar-refractivity contribution in [3.8, 4) is 0 Å². The van der Waals surface area contributed by atoms with Crippen LogP contribution in [0.15, 0.2) is 30.3 Å². The quantitative estimate of drug-likeness (QED) is 0.868. The van der Waals surface area contributed by atoms with E-state index in [4.69, 9.17) is 0 Å². The monoisotopic (exact) mass is 326 g/mol. The molecule has 1 N–H and O–H groups in total. The van der Waals surface area contributed by atoms with Crippen molar-refractivity contribution in [2.75, 3.05) is 6.54 Å². The van der Waals surface area contributed by atoms with Gasteiger partial charge in [-0.25, -0.2) is 0 Å². The Morgan fingerprint density at radius 3 is 2.70 bits per heavy atom. The summed E-state index contributed by atoms with van der Waals surface area (Å²) >= 11 is 0. The first kappa shape index (κ1) is 17.1. The minimum Gasteiger partial charge on any atom is -0.273 e. The molecule has 2 rings (SSSR count). The second-order valence-corrected chi connectivity index (χ2v) is 5.38. The van der Waals surface area contributed by atoms with Crippen LogP contribution in [0.1, 0.15) is 37.3 Å². The van der Waals surface area contributed by atoms with Gasteiger partial charge in [0, 0.05) is 19.0 Å². The van der Waals surface area contributed by atoms with Crippen LogP contribution in [-0.4, -0.2) is 23.4 Å². The first-order chi connectivity index (χ1) is 10.8. The highest BCUT2D eigenvalue weighted by molar-refractivity contribution is 5.95. The predicted molar refractivity (Wildman–Crippen MR) is 78.8 cm³/mol. The molecule has 0 aliphatic carbocycles. The Bertz CT molecular complexity index is 638. The minimum absolute atomic E-state index is 0.158. The zero-order chi connectivity index (χ0) is 17.0. The maximum atomic E-state index is 12.7. The zero-order valence-electron chi connectivity index (χ0n) is 12.6. The van der Waals surface area contributed by atoms with E-state index in [9.17, 15) is 22.8 Å². The van der Waals surface area contributed by atoms with Crippen molar-refractivity contribution in [3.63, 3.8) is 0 Å². The number of hydrazine groups is 1. The third kappa shape index (κ3) is 4.58. The first-order valence-electron chi connectivity index (χ1n) is 7.24. The van der Waals surface area contributed by atoms with Crippen molar-refractivity contribution in [2.24, 2.45) is 0 Å². The van der Waals surface area contributed by atoms with E-state index in [1.54, 1.807) is 6.92 Å². The first-order valence-corrected chi connectivity index (χ1v) is 7.24. The highest BCUT2D eigenvalue weighted by Crippen LogP contribution is 2.30. The van der Waals surface area contributed by atoms with Gasteiger partial charge in [0.25, 0.3) is 5.91 Å². The molecule has 1 heterocycles. The molecule has 23 heavy (non-hydrogen) atoms. The molecule has 0 bridgehead atoms. The van der Waals surface area contributed by atoms with Gasteiger partial charge in [0.2, 0.25) is 5.91 Å².